The van der Waals surface area contributed by atoms with Gasteiger partial charge in [0.05, 0.1) is 6.61 Å². The molecule has 0 aliphatic carbocycles. The van der Waals surface area contributed by atoms with E-state index < -0.39 is 11.8 Å². The highest BCUT2D eigenvalue weighted by atomic mass is 16.5. The molecule has 1 aromatic heterocycles. The highest BCUT2D eigenvalue weighted by Gasteiger charge is 2.14. The van der Waals surface area contributed by atoms with Crippen LogP contribution in [0.2, 0.25) is 0 Å². The van der Waals surface area contributed by atoms with Gasteiger partial charge in [0.2, 0.25) is 5.88 Å². The van der Waals surface area contributed by atoms with E-state index in [1.807, 2.05) is 19.1 Å². The molecule has 22 heavy (non-hydrogen) atoms. The van der Waals surface area contributed by atoms with Gasteiger partial charge in [-0.05, 0) is 38.1 Å². The van der Waals surface area contributed by atoms with Crippen molar-refractivity contribution >= 4 is 11.8 Å². The van der Waals surface area contributed by atoms with Gasteiger partial charge in [0.25, 0.3) is 11.8 Å². The molecular formula is C16H17N3O3. The molecule has 2 aromatic rings. The Labute approximate surface area is 128 Å². The van der Waals surface area contributed by atoms with E-state index in [2.05, 4.69) is 15.8 Å². The van der Waals surface area contributed by atoms with Crippen LogP contribution < -0.4 is 15.6 Å². The Kier molecular flexibility index (Phi) is 5.08. The highest BCUT2D eigenvalue weighted by molar-refractivity contribution is 6.00. The molecule has 1 aromatic carbocycles. The van der Waals surface area contributed by atoms with Crippen LogP contribution >= 0.6 is 0 Å². The second-order valence-electron chi connectivity index (χ2n) is 4.56. The minimum Gasteiger partial charge on any atom is -0.477 e. The molecule has 114 valence electrons. The molecule has 2 rings (SSSR count). The van der Waals surface area contributed by atoms with Gasteiger partial charge in [0.15, 0.2) is 0 Å². The van der Waals surface area contributed by atoms with Crippen LogP contribution in [-0.2, 0) is 0 Å². The maximum atomic E-state index is 12.1. The summed E-state index contributed by atoms with van der Waals surface area (Å²) in [5.41, 5.74) is 6.49. The molecule has 0 atom stereocenters. The van der Waals surface area contributed by atoms with E-state index in [1.54, 1.807) is 31.2 Å². The minimum atomic E-state index is -0.489. The number of aromatic nitrogens is 1. The van der Waals surface area contributed by atoms with Crippen LogP contribution in [0.25, 0.3) is 0 Å². The summed E-state index contributed by atoms with van der Waals surface area (Å²) in [5, 5.41) is 0. The number of aryl methyl sites for hydroxylation is 1. The van der Waals surface area contributed by atoms with Gasteiger partial charge in [-0.1, -0.05) is 17.7 Å². The Hall–Kier alpha value is -2.89. The van der Waals surface area contributed by atoms with Crippen LogP contribution in [0.15, 0.2) is 42.6 Å². The average molecular weight is 299 g/mol. The molecule has 0 spiro atoms. The number of pyridine rings is 1. The number of carbonyl (C=O) groups is 2. The van der Waals surface area contributed by atoms with Crippen LogP contribution in [0.3, 0.4) is 0 Å². The molecule has 0 saturated heterocycles. The maximum Gasteiger partial charge on any atom is 0.275 e. The van der Waals surface area contributed by atoms with Crippen LogP contribution in [0.4, 0.5) is 0 Å². The molecular weight excluding hydrogens is 282 g/mol. The van der Waals surface area contributed by atoms with Crippen molar-refractivity contribution in [3.05, 3.63) is 59.3 Å². The van der Waals surface area contributed by atoms with Gasteiger partial charge in [0.1, 0.15) is 5.56 Å². The lowest BCUT2D eigenvalue weighted by Crippen LogP contribution is -2.41. The van der Waals surface area contributed by atoms with Crippen LogP contribution in [0.5, 0.6) is 5.88 Å². The first-order chi connectivity index (χ1) is 10.6. The molecule has 0 fully saturated rings. The number of carbonyl (C=O) groups excluding carboxylic acids is 2. The maximum absolute atomic E-state index is 12.1. The van der Waals surface area contributed by atoms with E-state index in [0.29, 0.717) is 12.2 Å². The number of hydrazine groups is 1. The summed E-state index contributed by atoms with van der Waals surface area (Å²) in [6, 6.07) is 10.2. The summed E-state index contributed by atoms with van der Waals surface area (Å²) in [6.45, 7) is 4.13. The standard InChI is InChI=1S/C16H17N3O3/c1-3-22-16-13(5-4-10-17-16)15(21)19-18-14(20)12-8-6-11(2)7-9-12/h4-10H,3H2,1-2H3,(H,18,20)(H,19,21). The van der Waals surface area contributed by atoms with Crippen molar-refractivity contribution in [3.63, 3.8) is 0 Å². The van der Waals surface area contributed by atoms with Crippen molar-refractivity contribution in [1.29, 1.82) is 0 Å². The first-order valence-electron chi connectivity index (χ1n) is 6.87. The Morgan fingerprint density at radius 3 is 2.45 bits per heavy atom. The lowest BCUT2D eigenvalue weighted by molar-refractivity contribution is 0.0844. The number of benzene rings is 1. The first kappa shape index (κ1) is 15.5. The smallest absolute Gasteiger partial charge is 0.275 e. The predicted octanol–water partition coefficient (Wildman–Crippen LogP) is 1.86. The van der Waals surface area contributed by atoms with E-state index in [9.17, 15) is 9.59 Å². The molecule has 2 N–H and O–H groups in total. The van der Waals surface area contributed by atoms with Gasteiger partial charge >= 0.3 is 0 Å². The molecule has 0 radical (unpaired) electrons. The van der Waals surface area contributed by atoms with Crippen molar-refractivity contribution in [2.75, 3.05) is 6.61 Å². The third-order valence-corrected chi connectivity index (χ3v) is 2.90. The zero-order chi connectivity index (χ0) is 15.9. The van der Waals surface area contributed by atoms with Crippen LogP contribution in [0.1, 0.15) is 33.2 Å². The second-order valence-corrected chi connectivity index (χ2v) is 4.56. The Morgan fingerprint density at radius 2 is 1.77 bits per heavy atom. The van der Waals surface area contributed by atoms with Gasteiger partial charge in [-0.25, -0.2) is 4.98 Å². The SMILES string of the molecule is CCOc1ncccc1C(=O)NNC(=O)c1ccc(C)cc1. The van der Waals surface area contributed by atoms with Crippen molar-refractivity contribution < 1.29 is 14.3 Å². The number of nitrogens with zero attached hydrogens (tertiary/aromatic N) is 1. The Morgan fingerprint density at radius 1 is 1.09 bits per heavy atom. The van der Waals surface area contributed by atoms with Crippen molar-refractivity contribution in [2.45, 2.75) is 13.8 Å². The molecule has 0 aliphatic rings. The molecule has 2 amide bonds. The number of nitrogens with one attached hydrogen (secondary N) is 2. The fourth-order valence-electron chi connectivity index (χ4n) is 1.77. The third-order valence-electron chi connectivity index (χ3n) is 2.90. The average Bonchev–Trinajstić information content (AvgIpc) is 2.54. The van der Waals surface area contributed by atoms with Gasteiger partial charge in [-0.2, -0.15) is 0 Å². The van der Waals surface area contributed by atoms with E-state index in [-0.39, 0.29) is 11.4 Å². The number of rotatable bonds is 4. The summed E-state index contributed by atoms with van der Waals surface area (Å²) in [7, 11) is 0. The highest BCUT2D eigenvalue weighted by Crippen LogP contribution is 2.13. The molecule has 0 unspecified atom stereocenters. The molecule has 0 saturated carbocycles. The monoisotopic (exact) mass is 299 g/mol. The van der Waals surface area contributed by atoms with Gasteiger partial charge in [-0.15, -0.1) is 0 Å². The van der Waals surface area contributed by atoms with Gasteiger partial charge < -0.3 is 4.74 Å². The molecule has 6 heteroatoms. The van der Waals surface area contributed by atoms with Crippen molar-refractivity contribution in [2.24, 2.45) is 0 Å². The van der Waals surface area contributed by atoms with E-state index >= 15 is 0 Å². The zero-order valence-electron chi connectivity index (χ0n) is 12.4. The normalized spacial score (nSPS) is 9.91. The predicted molar refractivity (Wildman–Crippen MR) is 81.5 cm³/mol. The Balaban J connectivity index is 2.01. The topological polar surface area (TPSA) is 80.3 Å². The first-order valence-corrected chi connectivity index (χ1v) is 6.87. The minimum absolute atomic E-state index is 0.229. The number of hydrogen-bond acceptors (Lipinski definition) is 4. The quantitative estimate of drug-likeness (QED) is 0.845. The van der Waals surface area contributed by atoms with Gasteiger partial charge in [0, 0.05) is 11.8 Å². The molecule has 0 aliphatic heterocycles. The van der Waals surface area contributed by atoms with Crippen molar-refractivity contribution in [3.8, 4) is 5.88 Å². The summed E-state index contributed by atoms with van der Waals surface area (Å²) in [6.07, 6.45) is 1.53. The third kappa shape index (κ3) is 3.82. The summed E-state index contributed by atoms with van der Waals surface area (Å²) >= 11 is 0. The number of amides is 2. The van der Waals surface area contributed by atoms with E-state index in [0.717, 1.165) is 5.56 Å². The van der Waals surface area contributed by atoms with Crippen molar-refractivity contribution in [1.82, 2.24) is 15.8 Å². The van der Waals surface area contributed by atoms with Gasteiger partial charge in [-0.3, -0.25) is 20.4 Å². The summed E-state index contributed by atoms with van der Waals surface area (Å²) in [4.78, 5) is 28.0. The lowest BCUT2D eigenvalue weighted by Gasteiger charge is -2.10. The second kappa shape index (κ2) is 7.21. The van der Waals surface area contributed by atoms with Crippen LogP contribution in [0, 0.1) is 6.92 Å². The summed E-state index contributed by atoms with van der Waals surface area (Å²) in [5.74, 6) is -0.653. The fraction of sp³-hybridized carbons (Fsp3) is 0.188. The van der Waals surface area contributed by atoms with E-state index in [1.165, 1.54) is 6.20 Å². The Bertz CT molecular complexity index is 669. The zero-order valence-corrected chi connectivity index (χ0v) is 12.4. The largest absolute Gasteiger partial charge is 0.477 e. The summed E-state index contributed by atoms with van der Waals surface area (Å²) < 4.78 is 5.28. The molecule has 0 bridgehead atoms. The fourth-order valence-corrected chi connectivity index (χ4v) is 1.77. The molecule has 1 heterocycles. The lowest BCUT2D eigenvalue weighted by atomic mass is 10.1. The van der Waals surface area contributed by atoms with E-state index in [4.69, 9.17) is 4.74 Å². The van der Waals surface area contributed by atoms with Crippen LogP contribution in [-0.4, -0.2) is 23.4 Å². The number of ether oxygens (including phenoxy) is 1. The number of hydrogen-bond donors (Lipinski definition) is 2. The molecule has 6 nitrogen and oxygen atoms in total.